The molecule has 0 radical (unpaired) electrons. The van der Waals surface area contributed by atoms with Crippen LogP contribution in [0.4, 0.5) is 0 Å². The van der Waals surface area contributed by atoms with Crippen LogP contribution in [0.1, 0.15) is 49.9 Å². The molecule has 2 saturated heterocycles. The predicted octanol–water partition coefficient (Wildman–Crippen LogP) is 2.51. The quantitative estimate of drug-likeness (QED) is 0.904. The molecule has 2 aliphatic heterocycles. The van der Waals surface area contributed by atoms with Gasteiger partial charge in [-0.3, -0.25) is 9.59 Å². The highest BCUT2D eigenvalue weighted by Gasteiger charge is 2.42. The lowest BCUT2D eigenvalue weighted by Crippen LogP contribution is -2.54. The first-order valence-electron chi connectivity index (χ1n) is 9.80. The van der Waals surface area contributed by atoms with E-state index in [2.05, 4.69) is 6.92 Å². The number of carbonyl (C=O) groups is 2. The zero-order valence-electron chi connectivity index (χ0n) is 16.0. The number of amides is 2. The molecule has 1 aromatic rings. The fourth-order valence-electron chi connectivity index (χ4n) is 4.36. The molecule has 2 N–H and O–H groups in total. The number of piperidine rings is 2. The van der Waals surface area contributed by atoms with Crippen molar-refractivity contribution >= 4 is 11.8 Å². The first kappa shape index (κ1) is 18.9. The summed E-state index contributed by atoms with van der Waals surface area (Å²) in [6, 6.07) is 9.54. The molecule has 3 rings (SSSR count). The highest BCUT2D eigenvalue weighted by atomic mass is 16.2. The van der Waals surface area contributed by atoms with Crippen molar-refractivity contribution < 1.29 is 9.59 Å². The normalized spacial score (nSPS) is 25.8. The fraction of sp³-hybridized carbons (Fsp3) is 0.619. The van der Waals surface area contributed by atoms with Crippen molar-refractivity contribution in [2.24, 2.45) is 17.1 Å². The summed E-state index contributed by atoms with van der Waals surface area (Å²) in [4.78, 5) is 29.9. The van der Waals surface area contributed by atoms with E-state index in [4.69, 9.17) is 5.73 Å². The molecule has 1 aromatic carbocycles. The minimum Gasteiger partial charge on any atom is -0.342 e. The molecule has 0 spiro atoms. The predicted molar refractivity (Wildman–Crippen MR) is 103 cm³/mol. The highest BCUT2D eigenvalue weighted by molar-refractivity contribution is 5.95. The van der Waals surface area contributed by atoms with Gasteiger partial charge in [0.05, 0.1) is 5.41 Å². The van der Waals surface area contributed by atoms with Crippen molar-refractivity contribution in [3.8, 4) is 0 Å². The molecule has 0 aromatic heterocycles. The lowest BCUT2D eigenvalue weighted by Gasteiger charge is -2.44. The highest BCUT2D eigenvalue weighted by Crippen LogP contribution is 2.34. The zero-order chi connectivity index (χ0) is 18.7. The molecular weight excluding hydrogens is 326 g/mol. The number of carbonyl (C=O) groups excluding carboxylic acids is 2. The van der Waals surface area contributed by atoms with Gasteiger partial charge in [0.2, 0.25) is 5.91 Å². The van der Waals surface area contributed by atoms with E-state index in [-0.39, 0.29) is 17.9 Å². The third-order valence-electron chi connectivity index (χ3n) is 6.09. The van der Waals surface area contributed by atoms with Crippen molar-refractivity contribution in [1.82, 2.24) is 9.80 Å². The molecule has 2 heterocycles. The Hall–Kier alpha value is -1.88. The minimum absolute atomic E-state index is 0.0278. The van der Waals surface area contributed by atoms with Crippen LogP contribution in [0.3, 0.4) is 0 Å². The van der Waals surface area contributed by atoms with Gasteiger partial charge in [0.1, 0.15) is 0 Å². The average Bonchev–Trinajstić information content (AvgIpc) is 2.67. The van der Waals surface area contributed by atoms with Crippen LogP contribution >= 0.6 is 0 Å². The van der Waals surface area contributed by atoms with Crippen molar-refractivity contribution in [2.45, 2.75) is 45.6 Å². The smallest absolute Gasteiger partial charge is 0.253 e. The van der Waals surface area contributed by atoms with Crippen LogP contribution in [0.15, 0.2) is 30.3 Å². The van der Waals surface area contributed by atoms with E-state index in [1.165, 1.54) is 0 Å². The van der Waals surface area contributed by atoms with E-state index in [1.807, 2.05) is 47.1 Å². The topological polar surface area (TPSA) is 66.6 Å². The standard InChI is InChI=1S/C21H31N3O2/c1-16(22)17-9-13-23(14-10-17)20(26)21(2)11-6-12-24(15-21)19(25)18-7-4-3-5-8-18/h3-5,7-8,16-17H,6,9-15,22H2,1-2H3. The van der Waals surface area contributed by atoms with Gasteiger partial charge in [-0.1, -0.05) is 18.2 Å². The monoisotopic (exact) mass is 357 g/mol. The third kappa shape index (κ3) is 3.93. The minimum atomic E-state index is -0.482. The van der Waals surface area contributed by atoms with Gasteiger partial charge in [0.15, 0.2) is 0 Å². The largest absolute Gasteiger partial charge is 0.342 e. The van der Waals surface area contributed by atoms with Gasteiger partial charge in [-0.15, -0.1) is 0 Å². The van der Waals surface area contributed by atoms with E-state index < -0.39 is 5.41 Å². The maximum absolute atomic E-state index is 13.2. The summed E-state index contributed by atoms with van der Waals surface area (Å²) in [5.74, 6) is 0.737. The maximum Gasteiger partial charge on any atom is 0.253 e. The number of hydrogen-bond donors (Lipinski definition) is 1. The van der Waals surface area contributed by atoms with Crippen molar-refractivity contribution in [3.05, 3.63) is 35.9 Å². The molecular formula is C21H31N3O2. The van der Waals surface area contributed by atoms with E-state index in [0.717, 1.165) is 45.3 Å². The Morgan fingerprint density at radius 2 is 1.77 bits per heavy atom. The van der Waals surface area contributed by atoms with Crippen molar-refractivity contribution in [2.75, 3.05) is 26.2 Å². The summed E-state index contributed by atoms with van der Waals surface area (Å²) in [5, 5.41) is 0. The summed E-state index contributed by atoms with van der Waals surface area (Å²) in [6.07, 6.45) is 3.67. The summed E-state index contributed by atoms with van der Waals surface area (Å²) in [5.41, 5.74) is 6.23. The van der Waals surface area contributed by atoms with Crippen LogP contribution in [0.5, 0.6) is 0 Å². The second-order valence-corrected chi connectivity index (χ2v) is 8.25. The summed E-state index contributed by atoms with van der Waals surface area (Å²) >= 11 is 0. The van der Waals surface area contributed by atoms with Gasteiger partial charge in [0, 0.05) is 37.8 Å². The van der Waals surface area contributed by atoms with E-state index in [9.17, 15) is 9.59 Å². The molecule has 2 fully saturated rings. The van der Waals surface area contributed by atoms with Gasteiger partial charge in [0.25, 0.3) is 5.91 Å². The number of benzene rings is 1. The average molecular weight is 357 g/mol. The van der Waals surface area contributed by atoms with Crippen LogP contribution in [0.25, 0.3) is 0 Å². The Labute approximate surface area is 156 Å². The van der Waals surface area contributed by atoms with Gasteiger partial charge in [-0.05, 0) is 57.6 Å². The number of likely N-dealkylation sites (tertiary alicyclic amines) is 2. The van der Waals surface area contributed by atoms with E-state index in [1.54, 1.807) is 0 Å². The second-order valence-electron chi connectivity index (χ2n) is 8.25. The lowest BCUT2D eigenvalue weighted by molar-refractivity contribution is -0.145. The Kier molecular flexibility index (Phi) is 5.66. The van der Waals surface area contributed by atoms with Crippen molar-refractivity contribution in [1.29, 1.82) is 0 Å². The molecule has 0 saturated carbocycles. The molecule has 2 atom stereocenters. The van der Waals surface area contributed by atoms with Crippen LogP contribution in [-0.4, -0.2) is 53.8 Å². The molecule has 0 aliphatic carbocycles. The van der Waals surface area contributed by atoms with Gasteiger partial charge >= 0.3 is 0 Å². The van der Waals surface area contributed by atoms with Gasteiger partial charge in [-0.2, -0.15) is 0 Å². The van der Waals surface area contributed by atoms with Crippen LogP contribution in [0, 0.1) is 11.3 Å². The molecule has 5 heteroatoms. The second kappa shape index (κ2) is 7.78. The van der Waals surface area contributed by atoms with Gasteiger partial charge < -0.3 is 15.5 Å². The Balaban J connectivity index is 1.65. The van der Waals surface area contributed by atoms with Crippen molar-refractivity contribution in [3.63, 3.8) is 0 Å². The number of hydrogen-bond acceptors (Lipinski definition) is 3. The number of nitrogens with two attached hydrogens (primary N) is 1. The molecule has 5 nitrogen and oxygen atoms in total. The third-order valence-corrected chi connectivity index (χ3v) is 6.09. The molecule has 0 bridgehead atoms. The molecule has 26 heavy (non-hydrogen) atoms. The Morgan fingerprint density at radius 3 is 2.38 bits per heavy atom. The number of rotatable bonds is 3. The summed E-state index contributed by atoms with van der Waals surface area (Å²) in [6.45, 7) is 6.88. The first-order valence-corrected chi connectivity index (χ1v) is 9.80. The molecule has 2 amide bonds. The summed E-state index contributed by atoms with van der Waals surface area (Å²) < 4.78 is 0. The molecule has 2 aliphatic rings. The van der Waals surface area contributed by atoms with E-state index in [0.29, 0.717) is 18.0 Å². The molecule has 142 valence electrons. The van der Waals surface area contributed by atoms with Crippen LogP contribution in [-0.2, 0) is 4.79 Å². The zero-order valence-corrected chi connectivity index (χ0v) is 16.0. The van der Waals surface area contributed by atoms with E-state index >= 15 is 0 Å². The van der Waals surface area contributed by atoms with Gasteiger partial charge in [-0.25, -0.2) is 0 Å². The molecule has 2 unspecified atom stereocenters. The Morgan fingerprint density at radius 1 is 1.12 bits per heavy atom. The SMILES string of the molecule is CC(N)C1CCN(C(=O)C2(C)CCCN(C(=O)c3ccccc3)C2)CC1. The summed E-state index contributed by atoms with van der Waals surface area (Å²) in [7, 11) is 0. The Bertz CT molecular complexity index is 638. The fourth-order valence-corrected chi connectivity index (χ4v) is 4.36. The lowest BCUT2D eigenvalue weighted by atomic mass is 9.79. The first-order chi connectivity index (χ1) is 12.4. The number of nitrogens with zero attached hydrogens (tertiary/aromatic N) is 2. The van der Waals surface area contributed by atoms with Crippen LogP contribution in [0.2, 0.25) is 0 Å². The van der Waals surface area contributed by atoms with Crippen LogP contribution < -0.4 is 5.73 Å². The maximum atomic E-state index is 13.2.